The van der Waals surface area contributed by atoms with Crippen molar-refractivity contribution in [2.75, 3.05) is 6.54 Å². The molecule has 2 rings (SSSR count). The van der Waals surface area contributed by atoms with E-state index in [0.29, 0.717) is 12.5 Å². The normalized spacial score (nSPS) is 15.4. The Kier molecular flexibility index (Phi) is 3.88. The van der Waals surface area contributed by atoms with E-state index in [1.165, 1.54) is 31.0 Å². The Morgan fingerprint density at radius 3 is 2.44 bits per heavy atom. The van der Waals surface area contributed by atoms with E-state index < -0.39 is 11.6 Å². The molecular formula is C13H17F2N. The summed E-state index contributed by atoms with van der Waals surface area (Å²) in [4.78, 5) is 0. The zero-order chi connectivity index (χ0) is 11.4. The van der Waals surface area contributed by atoms with Crippen LogP contribution < -0.4 is 5.32 Å². The van der Waals surface area contributed by atoms with E-state index in [-0.39, 0.29) is 5.56 Å². The van der Waals surface area contributed by atoms with Crippen LogP contribution in [0.4, 0.5) is 8.78 Å². The van der Waals surface area contributed by atoms with E-state index in [1.807, 2.05) is 0 Å². The summed E-state index contributed by atoms with van der Waals surface area (Å²) in [6, 6.07) is 4.76. The highest BCUT2D eigenvalue weighted by Gasteiger charge is 2.19. The average Bonchev–Trinajstić information content (AvgIpc) is 3.05. The average molecular weight is 225 g/mol. The molecule has 88 valence electrons. The van der Waals surface area contributed by atoms with Gasteiger partial charge in [-0.05, 0) is 50.8 Å². The molecule has 1 aromatic carbocycles. The number of hydrogen-bond donors (Lipinski definition) is 1. The maximum absolute atomic E-state index is 13.2. The standard InChI is InChI=1S/C13H17F2N/c14-12-5-3-6-13(15)11(12)4-1-2-9-16-10-7-8-10/h3,5-6,10,16H,1-2,4,7-9H2. The molecule has 0 unspecified atom stereocenters. The molecule has 0 aliphatic heterocycles. The predicted molar refractivity (Wildman–Crippen MR) is 60.3 cm³/mol. The Morgan fingerprint density at radius 2 is 1.81 bits per heavy atom. The summed E-state index contributed by atoms with van der Waals surface area (Å²) < 4.78 is 26.5. The topological polar surface area (TPSA) is 12.0 Å². The maximum atomic E-state index is 13.2. The van der Waals surface area contributed by atoms with E-state index in [1.54, 1.807) is 0 Å². The molecule has 0 amide bonds. The monoisotopic (exact) mass is 225 g/mol. The smallest absolute Gasteiger partial charge is 0.129 e. The Bertz CT molecular complexity index is 328. The second-order valence-corrected chi connectivity index (χ2v) is 4.39. The molecule has 0 aromatic heterocycles. The van der Waals surface area contributed by atoms with Gasteiger partial charge in [0.1, 0.15) is 11.6 Å². The highest BCUT2D eigenvalue weighted by Crippen LogP contribution is 2.19. The summed E-state index contributed by atoms with van der Waals surface area (Å²) in [5.74, 6) is -0.842. The first kappa shape index (κ1) is 11.5. The Hall–Kier alpha value is -0.960. The van der Waals surface area contributed by atoms with Crippen molar-refractivity contribution < 1.29 is 8.78 Å². The van der Waals surface area contributed by atoms with Crippen LogP contribution in [0.25, 0.3) is 0 Å². The minimum Gasteiger partial charge on any atom is -0.314 e. The van der Waals surface area contributed by atoms with Gasteiger partial charge in [0, 0.05) is 11.6 Å². The number of benzene rings is 1. The first-order valence-electron chi connectivity index (χ1n) is 5.93. The second kappa shape index (κ2) is 5.39. The summed E-state index contributed by atoms with van der Waals surface area (Å²) >= 11 is 0. The molecule has 1 aromatic rings. The molecule has 1 N–H and O–H groups in total. The molecule has 1 aliphatic rings. The van der Waals surface area contributed by atoms with Gasteiger partial charge >= 0.3 is 0 Å². The van der Waals surface area contributed by atoms with Crippen LogP contribution in [0.15, 0.2) is 18.2 Å². The Labute approximate surface area is 94.9 Å². The second-order valence-electron chi connectivity index (χ2n) is 4.39. The Morgan fingerprint density at radius 1 is 1.12 bits per heavy atom. The van der Waals surface area contributed by atoms with Gasteiger partial charge < -0.3 is 5.32 Å². The summed E-state index contributed by atoms with van der Waals surface area (Å²) in [6.07, 6.45) is 4.86. The maximum Gasteiger partial charge on any atom is 0.129 e. The predicted octanol–water partition coefficient (Wildman–Crippen LogP) is 3.04. The first-order valence-corrected chi connectivity index (χ1v) is 5.93. The van der Waals surface area contributed by atoms with Gasteiger partial charge in [-0.3, -0.25) is 0 Å². The molecule has 0 bridgehead atoms. The van der Waals surface area contributed by atoms with E-state index in [9.17, 15) is 8.78 Å². The highest BCUT2D eigenvalue weighted by molar-refractivity contribution is 5.19. The molecule has 3 heteroatoms. The van der Waals surface area contributed by atoms with Crippen molar-refractivity contribution in [3.8, 4) is 0 Å². The third-order valence-corrected chi connectivity index (χ3v) is 2.93. The third kappa shape index (κ3) is 3.27. The van der Waals surface area contributed by atoms with Crippen LogP contribution in [-0.2, 0) is 6.42 Å². The van der Waals surface area contributed by atoms with Crippen molar-refractivity contribution >= 4 is 0 Å². The molecule has 16 heavy (non-hydrogen) atoms. The molecule has 0 heterocycles. The van der Waals surface area contributed by atoms with Crippen LogP contribution in [0.5, 0.6) is 0 Å². The molecule has 1 saturated carbocycles. The minimum atomic E-state index is -0.421. The third-order valence-electron chi connectivity index (χ3n) is 2.93. The zero-order valence-electron chi connectivity index (χ0n) is 9.31. The molecule has 0 saturated heterocycles. The largest absolute Gasteiger partial charge is 0.314 e. The molecule has 1 aliphatic carbocycles. The lowest BCUT2D eigenvalue weighted by Crippen LogP contribution is -2.17. The summed E-state index contributed by atoms with van der Waals surface area (Å²) in [5, 5.41) is 3.38. The fourth-order valence-corrected chi connectivity index (χ4v) is 1.79. The van der Waals surface area contributed by atoms with Crippen LogP contribution in [0.1, 0.15) is 31.2 Å². The van der Waals surface area contributed by atoms with Crippen molar-refractivity contribution in [2.45, 2.75) is 38.1 Å². The van der Waals surface area contributed by atoms with Gasteiger partial charge in [-0.1, -0.05) is 6.07 Å². The highest BCUT2D eigenvalue weighted by atomic mass is 19.1. The fraction of sp³-hybridized carbons (Fsp3) is 0.538. The molecule has 0 radical (unpaired) electrons. The fourth-order valence-electron chi connectivity index (χ4n) is 1.79. The minimum absolute atomic E-state index is 0.230. The van der Waals surface area contributed by atoms with Crippen LogP contribution in [-0.4, -0.2) is 12.6 Å². The number of nitrogens with one attached hydrogen (secondary N) is 1. The number of rotatable bonds is 6. The van der Waals surface area contributed by atoms with Gasteiger partial charge in [-0.15, -0.1) is 0 Å². The van der Waals surface area contributed by atoms with Gasteiger partial charge in [0.05, 0.1) is 0 Å². The van der Waals surface area contributed by atoms with E-state index in [2.05, 4.69) is 5.32 Å². The first-order chi connectivity index (χ1) is 7.77. The Balaban J connectivity index is 1.71. The van der Waals surface area contributed by atoms with Crippen LogP contribution in [0.3, 0.4) is 0 Å². The summed E-state index contributed by atoms with van der Waals surface area (Å²) in [7, 11) is 0. The number of halogens is 2. The van der Waals surface area contributed by atoms with Crippen molar-refractivity contribution in [2.24, 2.45) is 0 Å². The quantitative estimate of drug-likeness (QED) is 0.734. The van der Waals surface area contributed by atoms with Gasteiger partial charge in [-0.25, -0.2) is 8.78 Å². The van der Waals surface area contributed by atoms with E-state index >= 15 is 0 Å². The lowest BCUT2D eigenvalue weighted by Gasteiger charge is -2.05. The SMILES string of the molecule is Fc1cccc(F)c1CCCCNC1CC1. The number of unbranched alkanes of at least 4 members (excludes halogenated alkanes) is 1. The van der Waals surface area contributed by atoms with Crippen LogP contribution in [0, 0.1) is 11.6 Å². The molecule has 0 spiro atoms. The van der Waals surface area contributed by atoms with Crippen molar-refractivity contribution in [3.63, 3.8) is 0 Å². The van der Waals surface area contributed by atoms with Gasteiger partial charge in [0.15, 0.2) is 0 Å². The van der Waals surface area contributed by atoms with Crippen LogP contribution >= 0.6 is 0 Å². The van der Waals surface area contributed by atoms with Crippen molar-refractivity contribution in [1.29, 1.82) is 0 Å². The zero-order valence-corrected chi connectivity index (χ0v) is 9.31. The molecular weight excluding hydrogens is 208 g/mol. The summed E-state index contributed by atoms with van der Waals surface area (Å²) in [5.41, 5.74) is 0.230. The van der Waals surface area contributed by atoms with Crippen molar-refractivity contribution in [3.05, 3.63) is 35.4 Å². The molecule has 0 atom stereocenters. The van der Waals surface area contributed by atoms with Gasteiger partial charge in [0.2, 0.25) is 0 Å². The lowest BCUT2D eigenvalue weighted by atomic mass is 10.1. The van der Waals surface area contributed by atoms with Gasteiger partial charge in [0.25, 0.3) is 0 Å². The van der Waals surface area contributed by atoms with Gasteiger partial charge in [-0.2, -0.15) is 0 Å². The van der Waals surface area contributed by atoms with E-state index in [0.717, 1.165) is 19.4 Å². The molecule has 1 fully saturated rings. The van der Waals surface area contributed by atoms with Crippen molar-refractivity contribution in [1.82, 2.24) is 5.32 Å². The lowest BCUT2D eigenvalue weighted by molar-refractivity contribution is 0.541. The van der Waals surface area contributed by atoms with Crippen LogP contribution in [0.2, 0.25) is 0 Å². The summed E-state index contributed by atoms with van der Waals surface area (Å²) in [6.45, 7) is 0.959. The number of hydrogen-bond acceptors (Lipinski definition) is 1. The van der Waals surface area contributed by atoms with E-state index in [4.69, 9.17) is 0 Å². The molecule has 1 nitrogen and oxygen atoms in total.